The van der Waals surface area contributed by atoms with Crippen LogP contribution in [0.1, 0.15) is 24.2 Å². The third-order valence-corrected chi connectivity index (χ3v) is 5.40. The van der Waals surface area contributed by atoms with Crippen molar-refractivity contribution < 1.29 is 9.53 Å². The van der Waals surface area contributed by atoms with E-state index in [4.69, 9.17) is 4.74 Å². The molecule has 0 aliphatic rings. The van der Waals surface area contributed by atoms with Crippen molar-refractivity contribution in [1.82, 2.24) is 14.8 Å². The van der Waals surface area contributed by atoms with E-state index < -0.39 is 0 Å². The van der Waals surface area contributed by atoms with Crippen molar-refractivity contribution >= 4 is 32.6 Å². The minimum atomic E-state index is -0.0905. The smallest absolute Gasteiger partial charge is 0.260 e. The van der Waals surface area contributed by atoms with Crippen LogP contribution in [-0.2, 0) is 6.54 Å². The topological polar surface area (TPSA) is 60.2 Å². The number of carbonyl (C=O) groups excluding carboxylic acids is 1. The molecular weight excluding hydrogens is 384 g/mol. The normalized spacial score (nSPS) is 11.1. The van der Waals surface area contributed by atoms with E-state index in [1.807, 2.05) is 67.2 Å². The largest absolute Gasteiger partial charge is 0.491 e. The van der Waals surface area contributed by atoms with Crippen molar-refractivity contribution in [3.8, 4) is 5.75 Å². The maximum Gasteiger partial charge on any atom is 0.260 e. The van der Waals surface area contributed by atoms with Crippen molar-refractivity contribution in [2.75, 3.05) is 11.4 Å². The van der Waals surface area contributed by atoms with Crippen molar-refractivity contribution in [3.05, 3.63) is 72.6 Å². The number of thiazole rings is 1. The summed E-state index contributed by atoms with van der Waals surface area (Å²) >= 11 is 1.52. The van der Waals surface area contributed by atoms with Crippen LogP contribution in [-0.4, -0.2) is 33.3 Å². The molecule has 0 spiro atoms. The summed E-state index contributed by atoms with van der Waals surface area (Å²) < 4.78 is 8.55. The van der Waals surface area contributed by atoms with Gasteiger partial charge >= 0.3 is 0 Å². The lowest BCUT2D eigenvalue weighted by atomic mass is 10.2. The Morgan fingerprint density at radius 2 is 1.93 bits per heavy atom. The minimum Gasteiger partial charge on any atom is -0.491 e. The van der Waals surface area contributed by atoms with E-state index in [1.54, 1.807) is 23.2 Å². The molecule has 0 aliphatic carbocycles. The molecule has 6 nitrogen and oxygen atoms in total. The second kappa shape index (κ2) is 8.45. The Kier molecular flexibility index (Phi) is 5.57. The summed E-state index contributed by atoms with van der Waals surface area (Å²) in [6.07, 6.45) is 3.71. The number of ether oxygens (including phenoxy) is 1. The molecule has 2 aromatic heterocycles. The van der Waals surface area contributed by atoms with Crippen LogP contribution in [0.3, 0.4) is 0 Å². The second-order valence-corrected chi connectivity index (χ2v) is 7.89. The lowest BCUT2D eigenvalue weighted by molar-refractivity contribution is 0.0985. The molecule has 0 radical (unpaired) electrons. The summed E-state index contributed by atoms with van der Waals surface area (Å²) in [7, 11) is 0. The molecule has 2 heterocycles. The van der Waals surface area contributed by atoms with Gasteiger partial charge in [0.2, 0.25) is 0 Å². The Hall–Kier alpha value is -3.19. The Morgan fingerprint density at radius 3 is 2.62 bits per heavy atom. The van der Waals surface area contributed by atoms with Gasteiger partial charge in [-0.3, -0.25) is 14.4 Å². The Bertz CT molecular complexity index is 1050. The highest BCUT2D eigenvalue weighted by molar-refractivity contribution is 7.22. The molecule has 7 heteroatoms. The first-order chi connectivity index (χ1) is 14.1. The second-order valence-electron chi connectivity index (χ2n) is 6.88. The fourth-order valence-corrected chi connectivity index (χ4v) is 3.99. The number of carbonyl (C=O) groups is 1. The highest BCUT2D eigenvalue weighted by Gasteiger charge is 2.21. The molecule has 4 rings (SSSR count). The average molecular weight is 407 g/mol. The van der Waals surface area contributed by atoms with Crippen LogP contribution in [0.25, 0.3) is 10.2 Å². The molecule has 0 unspecified atom stereocenters. The summed E-state index contributed by atoms with van der Waals surface area (Å²) in [5.41, 5.74) is 1.49. The van der Waals surface area contributed by atoms with E-state index in [2.05, 4.69) is 10.1 Å². The first-order valence-corrected chi connectivity index (χ1v) is 10.3. The van der Waals surface area contributed by atoms with Gasteiger partial charge in [-0.25, -0.2) is 4.98 Å². The highest BCUT2D eigenvalue weighted by Crippen LogP contribution is 2.29. The Labute approximate surface area is 173 Å². The Balaban J connectivity index is 1.62. The standard InChI is InChI=1S/C22H22N4O2S/c1-16(2)28-18-10-8-17(9-11-18)21(27)26(15-14-25-13-5-12-23-25)22-24-19-6-3-4-7-20(19)29-22/h3-13,16H,14-15H2,1-2H3. The van der Waals surface area contributed by atoms with E-state index in [0.29, 0.717) is 23.8 Å². The predicted octanol–water partition coefficient (Wildman–Crippen LogP) is 4.63. The van der Waals surface area contributed by atoms with Gasteiger partial charge in [0.25, 0.3) is 5.91 Å². The van der Waals surface area contributed by atoms with Gasteiger partial charge in [0, 0.05) is 24.5 Å². The third-order valence-electron chi connectivity index (χ3n) is 4.34. The van der Waals surface area contributed by atoms with Gasteiger partial charge in [0.1, 0.15) is 5.75 Å². The number of anilines is 1. The number of hydrogen-bond donors (Lipinski definition) is 0. The lowest BCUT2D eigenvalue weighted by Crippen LogP contribution is -2.34. The Morgan fingerprint density at radius 1 is 1.14 bits per heavy atom. The maximum absolute atomic E-state index is 13.3. The average Bonchev–Trinajstić information content (AvgIpc) is 3.37. The molecule has 148 valence electrons. The van der Waals surface area contributed by atoms with Crippen molar-refractivity contribution in [2.24, 2.45) is 0 Å². The zero-order valence-electron chi connectivity index (χ0n) is 16.4. The van der Waals surface area contributed by atoms with Gasteiger partial charge in [-0.2, -0.15) is 5.10 Å². The van der Waals surface area contributed by atoms with Crippen LogP contribution < -0.4 is 9.64 Å². The predicted molar refractivity (Wildman–Crippen MR) is 116 cm³/mol. The van der Waals surface area contributed by atoms with E-state index in [0.717, 1.165) is 16.0 Å². The van der Waals surface area contributed by atoms with Gasteiger partial charge in [0.05, 0.1) is 22.9 Å². The number of hydrogen-bond acceptors (Lipinski definition) is 5. The van der Waals surface area contributed by atoms with Gasteiger partial charge in [-0.1, -0.05) is 23.5 Å². The molecule has 0 saturated carbocycles. The van der Waals surface area contributed by atoms with Crippen LogP contribution in [0.15, 0.2) is 67.0 Å². The van der Waals surface area contributed by atoms with Gasteiger partial charge in [-0.05, 0) is 56.3 Å². The molecule has 2 aromatic carbocycles. The van der Waals surface area contributed by atoms with E-state index >= 15 is 0 Å². The molecule has 0 aliphatic heterocycles. The summed E-state index contributed by atoms with van der Waals surface area (Å²) in [4.78, 5) is 19.7. The number of nitrogens with zero attached hydrogens (tertiary/aromatic N) is 4. The first-order valence-electron chi connectivity index (χ1n) is 9.52. The minimum absolute atomic E-state index is 0.0878. The fraction of sp³-hybridized carbons (Fsp3) is 0.227. The van der Waals surface area contributed by atoms with Gasteiger partial charge < -0.3 is 4.74 Å². The van der Waals surface area contributed by atoms with Crippen molar-refractivity contribution in [1.29, 1.82) is 0 Å². The number of benzene rings is 2. The molecule has 0 fully saturated rings. The van der Waals surface area contributed by atoms with Crippen LogP contribution in [0.5, 0.6) is 5.75 Å². The quantitative estimate of drug-likeness (QED) is 0.449. The fourth-order valence-electron chi connectivity index (χ4n) is 3.00. The van der Waals surface area contributed by atoms with Crippen LogP contribution in [0.2, 0.25) is 0 Å². The molecule has 29 heavy (non-hydrogen) atoms. The van der Waals surface area contributed by atoms with Crippen molar-refractivity contribution in [2.45, 2.75) is 26.5 Å². The third kappa shape index (κ3) is 4.46. The van der Waals surface area contributed by atoms with Crippen LogP contribution in [0, 0.1) is 0 Å². The maximum atomic E-state index is 13.3. The summed E-state index contributed by atoms with van der Waals surface area (Å²) in [5, 5.41) is 4.93. The van der Waals surface area contributed by atoms with Gasteiger partial charge in [0.15, 0.2) is 5.13 Å². The summed E-state index contributed by atoms with van der Waals surface area (Å²) in [5.74, 6) is 0.659. The monoisotopic (exact) mass is 406 g/mol. The molecule has 1 amide bonds. The highest BCUT2D eigenvalue weighted by atomic mass is 32.1. The van der Waals surface area contributed by atoms with E-state index in [9.17, 15) is 4.79 Å². The SMILES string of the molecule is CC(C)Oc1ccc(C(=O)N(CCn2cccn2)c2nc3ccccc3s2)cc1. The zero-order chi connectivity index (χ0) is 20.2. The van der Waals surface area contributed by atoms with Crippen LogP contribution >= 0.6 is 11.3 Å². The molecule has 0 saturated heterocycles. The van der Waals surface area contributed by atoms with Crippen molar-refractivity contribution in [3.63, 3.8) is 0 Å². The number of aromatic nitrogens is 3. The number of fused-ring (bicyclic) bond motifs is 1. The molecule has 0 bridgehead atoms. The summed E-state index contributed by atoms with van der Waals surface area (Å²) in [6, 6.07) is 17.0. The van der Waals surface area contributed by atoms with E-state index in [-0.39, 0.29) is 12.0 Å². The number of para-hydroxylation sites is 1. The van der Waals surface area contributed by atoms with E-state index in [1.165, 1.54) is 11.3 Å². The number of amides is 1. The molecule has 0 atom stereocenters. The first kappa shape index (κ1) is 19.1. The van der Waals surface area contributed by atoms with Gasteiger partial charge in [-0.15, -0.1) is 0 Å². The lowest BCUT2D eigenvalue weighted by Gasteiger charge is -2.20. The number of rotatable bonds is 7. The molecular formula is C22H22N4O2S. The summed E-state index contributed by atoms with van der Waals surface area (Å²) in [6.45, 7) is 5.01. The zero-order valence-corrected chi connectivity index (χ0v) is 17.2. The molecule has 0 N–H and O–H groups in total. The molecule has 4 aromatic rings. The van der Waals surface area contributed by atoms with Crippen LogP contribution in [0.4, 0.5) is 5.13 Å².